The van der Waals surface area contributed by atoms with Crippen LogP contribution in [0.25, 0.3) is 0 Å². The molecule has 0 aliphatic heterocycles. The van der Waals surface area contributed by atoms with Crippen LogP contribution in [0.4, 0.5) is 5.69 Å². The molecule has 1 atom stereocenters. The molecular weight excluding hydrogens is 296 g/mol. The number of benzene rings is 1. The fourth-order valence-electron chi connectivity index (χ4n) is 2.10. The SMILES string of the molecule is Cc1cccc(NC(=O)C(NC(=O)c2cccs2)C(C)C)c1. The number of hydrogen-bond acceptors (Lipinski definition) is 3. The fraction of sp³-hybridized carbons (Fsp3) is 0.294. The van der Waals surface area contributed by atoms with Gasteiger partial charge in [-0.1, -0.05) is 32.0 Å². The molecule has 0 spiro atoms. The lowest BCUT2D eigenvalue weighted by Crippen LogP contribution is -2.46. The van der Waals surface area contributed by atoms with Crippen molar-refractivity contribution in [2.24, 2.45) is 5.92 Å². The molecule has 22 heavy (non-hydrogen) atoms. The van der Waals surface area contributed by atoms with Gasteiger partial charge in [-0.05, 0) is 42.0 Å². The van der Waals surface area contributed by atoms with E-state index in [2.05, 4.69) is 10.6 Å². The van der Waals surface area contributed by atoms with Crippen molar-refractivity contribution in [3.05, 3.63) is 52.2 Å². The van der Waals surface area contributed by atoms with Crippen LogP contribution in [0.5, 0.6) is 0 Å². The Labute approximate surface area is 134 Å². The van der Waals surface area contributed by atoms with Crippen LogP contribution in [0, 0.1) is 12.8 Å². The molecule has 5 heteroatoms. The quantitative estimate of drug-likeness (QED) is 0.887. The molecule has 2 aromatic rings. The Morgan fingerprint density at radius 3 is 2.50 bits per heavy atom. The summed E-state index contributed by atoms with van der Waals surface area (Å²) >= 11 is 1.36. The molecule has 4 nitrogen and oxygen atoms in total. The highest BCUT2D eigenvalue weighted by molar-refractivity contribution is 7.12. The zero-order chi connectivity index (χ0) is 16.1. The first kappa shape index (κ1) is 16.2. The monoisotopic (exact) mass is 316 g/mol. The van der Waals surface area contributed by atoms with Gasteiger partial charge >= 0.3 is 0 Å². The molecule has 0 saturated heterocycles. The van der Waals surface area contributed by atoms with Crippen LogP contribution in [0.15, 0.2) is 41.8 Å². The molecule has 0 saturated carbocycles. The molecule has 0 radical (unpaired) electrons. The van der Waals surface area contributed by atoms with Gasteiger partial charge in [-0.25, -0.2) is 0 Å². The molecule has 0 bridgehead atoms. The molecule has 0 aliphatic carbocycles. The molecule has 0 fully saturated rings. The molecule has 2 amide bonds. The van der Waals surface area contributed by atoms with E-state index in [1.54, 1.807) is 6.07 Å². The average molecular weight is 316 g/mol. The van der Waals surface area contributed by atoms with Gasteiger partial charge < -0.3 is 10.6 Å². The minimum atomic E-state index is -0.574. The number of thiophene rings is 1. The largest absolute Gasteiger partial charge is 0.339 e. The molecule has 0 aliphatic rings. The van der Waals surface area contributed by atoms with Crippen molar-refractivity contribution in [1.29, 1.82) is 0 Å². The maximum absolute atomic E-state index is 12.4. The first-order valence-corrected chi connectivity index (χ1v) is 8.07. The minimum Gasteiger partial charge on any atom is -0.339 e. The second-order valence-electron chi connectivity index (χ2n) is 5.53. The van der Waals surface area contributed by atoms with Crippen LogP contribution >= 0.6 is 11.3 Å². The van der Waals surface area contributed by atoms with Crippen molar-refractivity contribution in [3.8, 4) is 0 Å². The lowest BCUT2D eigenvalue weighted by Gasteiger charge is -2.21. The van der Waals surface area contributed by atoms with Gasteiger partial charge in [-0.2, -0.15) is 0 Å². The van der Waals surface area contributed by atoms with Crippen LogP contribution in [0.3, 0.4) is 0 Å². The summed E-state index contributed by atoms with van der Waals surface area (Å²) in [6.07, 6.45) is 0. The summed E-state index contributed by atoms with van der Waals surface area (Å²) in [7, 11) is 0. The second-order valence-corrected chi connectivity index (χ2v) is 6.48. The minimum absolute atomic E-state index is 0.00581. The summed E-state index contributed by atoms with van der Waals surface area (Å²) in [5.41, 5.74) is 1.81. The van der Waals surface area contributed by atoms with E-state index in [1.807, 2.05) is 56.5 Å². The Hall–Kier alpha value is -2.14. The number of rotatable bonds is 5. The maximum atomic E-state index is 12.4. The van der Waals surface area contributed by atoms with Crippen LogP contribution in [-0.2, 0) is 4.79 Å². The van der Waals surface area contributed by atoms with Gasteiger partial charge in [0.15, 0.2) is 0 Å². The molecule has 2 N–H and O–H groups in total. The summed E-state index contributed by atoms with van der Waals surface area (Å²) in [4.78, 5) is 25.2. The molecule has 1 aromatic carbocycles. The van der Waals surface area contributed by atoms with Gasteiger partial charge in [0.1, 0.15) is 6.04 Å². The van der Waals surface area contributed by atoms with E-state index >= 15 is 0 Å². The van der Waals surface area contributed by atoms with E-state index in [0.29, 0.717) is 4.88 Å². The molecule has 1 unspecified atom stereocenters. The van der Waals surface area contributed by atoms with Gasteiger partial charge in [-0.15, -0.1) is 11.3 Å². The van der Waals surface area contributed by atoms with Gasteiger partial charge in [0.25, 0.3) is 5.91 Å². The Morgan fingerprint density at radius 2 is 1.91 bits per heavy atom. The second kappa shape index (κ2) is 7.22. The summed E-state index contributed by atoms with van der Waals surface area (Å²) < 4.78 is 0. The number of hydrogen-bond donors (Lipinski definition) is 2. The number of carbonyl (C=O) groups is 2. The normalized spacial score (nSPS) is 12.0. The third-order valence-corrected chi connectivity index (χ3v) is 4.13. The predicted molar refractivity (Wildman–Crippen MR) is 90.2 cm³/mol. The van der Waals surface area contributed by atoms with E-state index in [-0.39, 0.29) is 17.7 Å². The summed E-state index contributed by atoms with van der Waals surface area (Å²) in [6, 6.07) is 10.6. The summed E-state index contributed by atoms with van der Waals surface area (Å²) in [5, 5.41) is 7.52. The standard InChI is InChI=1S/C17H20N2O2S/c1-11(2)15(19-16(20)14-8-5-9-22-14)17(21)18-13-7-4-6-12(3)10-13/h4-11,15H,1-3H3,(H,18,21)(H,19,20). The van der Waals surface area contributed by atoms with E-state index in [1.165, 1.54) is 11.3 Å². The molecular formula is C17H20N2O2S. The van der Waals surface area contributed by atoms with Crippen LogP contribution < -0.4 is 10.6 Å². The third kappa shape index (κ3) is 4.18. The molecule has 1 heterocycles. The first-order chi connectivity index (χ1) is 10.5. The topological polar surface area (TPSA) is 58.2 Å². The predicted octanol–water partition coefficient (Wildman–Crippen LogP) is 3.45. The number of anilines is 1. The Kier molecular flexibility index (Phi) is 5.33. The highest BCUT2D eigenvalue weighted by Gasteiger charge is 2.25. The van der Waals surface area contributed by atoms with E-state index in [0.717, 1.165) is 11.3 Å². The van der Waals surface area contributed by atoms with Crippen molar-refractivity contribution in [2.75, 3.05) is 5.32 Å². The number of amides is 2. The molecule has 2 rings (SSSR count). The van der Waals surface area contributed by atoms with Gasteiger partial charge in [-0.3, -0.25) is 9.59 Å². The fourth-order valence-corrected chi connectivity index (χ4v) is 2.72. The Bertz CT molecular complexity index is 650. The lowest BCUT2D eigenvalue weighted by atomic mass is 10.0. The highest BCUT2D eigenvalue weighted by atomic mass is 32.1. The Morgan fingerprint density at radius 1 is 1.14 bits per heavy atom. The smallest absolute Gasteiger partial charge is 0.262 e. The molecule has 1 aromatic heterocycles. The Balaban J connectivity index is 2.07. The van der Waals surface area contributed by atoms with Crippen LogP contribution in [0.1, 0.15) is 29.1 Å². The summed E-state index contributed by atoms with van der Waals surface area (Å²) in [6.45, 7) is 5.79. The van der Waals surface area contributed by atoms with Crippen LogP contribution in [-0.4, -0.2) is 17.9 Å². The van der Waals surface area contributed by atoms with Gasteiger partial charge in [0.05, 0.1) is 4.88 Å². The van der Waals surface area contributed by atoms with Crippen molar-refractivity contribution in [2.45, 2.75) is 26.8 Å². The van der Waals surface area contributed by atoms with Crippen molar-refractivity contribution in [3.63, 3.8) is 0 Å². The zero-order valence-corrected chi connectivity index (χ0v) is 13.7. The number of nitrogens with one attached hydrogen (secondary N) is 2. The van der Waals surface area contributed by atoms with E-state index < -0.39 is 6.04 Å². The van der Waals surface area contributed by atoms with Crippen molar-refractivity contribution < 1.29 is 9.59 Å². The third-order valence-electron chi connectivity index (χ3n) is 3.27. The number of carbonyl (C=O) groups excluding carboxylic acids is 2. The van der Waals surface area contributed by atoms with Gasteiger partial charge in [0, 0.05) is 5.69 Å². The highest BCUT2D eigenvalue weighted by Crippen LogP contribution is 2.13. The average Bonchev–Trinajstić information content (AvgIpc) is 2.98. The number of aryl methyl sites for hydroxylation is 1. The zero-order valence-electron chi connectivity index (χ0n) is 12.9. The van der Waals surface area contributed by atoms with E-state index in [4.69, 9.17) is 0 Å². The van der Waals surface area contributed by atoms with Crippen molar-refractivity contribution >= 4 is 28.8 Å². The van der Waals surface area contributed by atoms with Crippen molar-refractivity contribution in [1.82, 2.24) is 5.32 Å². The summed E-state index contributed by atoms with van der Waals surface area (Å²) in [5.74, 6) is -0.424. The maximum Gasteiger partial charge on any atom is 0.262 e. The lowest BCUT2D eigenvalue weighted by molar-refractivity contribution is -0.118. The van der Waals surface area contributed by atoms with Crippen LogP contribution in [0.2, 0.25) is 0 Å². The molecule has 116 valence electrons. The van der Waals surface area contributed by atoms with Gasteiger partial charge in [0.2, 0.25) is 5.91 Å². The van der Waals surface area contributed by atoms with E-state index in [9.17, 15) is 9.59 Å². The first-order valence-electron chi connectivity index (χ1n) is 7.19.